The van der Waals surface area contributed by atoms with Crippen LogP contribution in [0.4, 0.5) is 0 Å². The van der Waals surface area contributed by atoms with Gasteiger partial charge in [0.15, 0.2) is 5.65 Å². The number of para-hydroxylation sites is 2. The average Bonchev–Trinajstić information content (AvgIpc) is 2.92. The van der Waals surface area contributed by atoms with Crippen LogP contribution in [0.1, 0.15) is 32.0 Å². The van der Waals surface area contributed by atoms with E-state index >= 15 is 0 Å². The van der Waals surface area contributed by atoms with E-state index in [2.05, 4.69) is 62.6 Å². The molecule has 0 aliphatic heterocycles. The normalized spacial score (nSPS) is 12.2. The van der Waals surface area contributed by atoms with E-state index in [1.165, 1.54) is 11.3 Å². The second-order valence-corrected chi connectivity index (χ2v) is 7.37. The predicted octanol–water partition coefficient (Wildman–Crippen LogP) is 5.18. The number of hydrogen-bond acceptors (Lipinski definition) is 2. The number of nitrogens with zero attached hydrogens (tertiary/aromatic N) is 3. The highest BCUT2D eigenvalue weighted by atomic mass is 15.1. The van der Waals surface area contributed by atoms with Gasteiger partial charge in [0.05, 0.1) is 11.0 Å². The summed E-state index contributed by atoms with van der Waals surface area (Å²) in [6.07, 6.45) is 0. The van der Waals surface area contributed by atoms with E-state index in [9.17, 15) is 0 Å². The number of fused-ring (bicyclic) bond motifs is 2. The van der Waals surface area contributed by atoms with Gasteiger partial charge in [-0.1, -0.05) is 50.6 Å². The van der Waals surface area contributed by atoms with E-state index in [0.717, 1.165) is 27.9 Å². The number of aryl methyl sites for hydroxylation is 1. The minimum absolute atomic E-state index is 0.000545. The van der Waals surface area contributed by atoms with E-state index in [0.29, 0.717) is 0 Å². The zero-order valence-corrected chi connectivity index (χ0v) is 14.5. The molecule has 0 N–H and O–H groups in total. The van der Waals surface area contributed by atoms with Crippen molar-refractivity contribution in [3.63, 3.8) is 0 Å². The van der Waals surface area contributed by atoms with E-state index in [1.54, 1.807) is 0 Å². The molecular weight excluding hydrogens is 294 g/mol. The largest absolute Gasteiger partial charge is 0.296 e. The van der Waals surface area contributed by atoms with Gasteiger partial charge >= 0.3 is 0 Å². The third kappa shape index (κ3) is 2.37. The van der Waals surface area contributed by atoms with E-state index in [4.69, 9.17) is 9.97 Å². The maximum absolute atomic E-state index is 4.91. The van der Waals surface area contributed by atoms with Crippen molar-refractivity contribution in [1.82, 2.24) is 14.5 Å². The van der Waals surface area contributed by atoms with Crippen molar-refractivity contribution in [3.8, 4) is 5.69 Å². The first-order valence-corrected chi connectivity index (χ1v) is 8.29. The van der Waals surface area contributed by atoms with E-state index < -0.39 is 0 Å². The molecule has 2 aromatic heterocycles. The van der Waals surface area contributed by atoms with Crippen LogP contribution < -0.4 is 0 Å². The van der Waals surface area contributed by atoms with Gasteiger partial charge in [0, 0.05) is 16.8 Å². The lowest BCUT2D eigenvalue weighted by Crippen LogP contribution is -2.16. The second kappa shape index (κ2) is 5.17. The summed E-state index contributed by atoms with van der Waals surface area (Å²) in [6.45, 7) is 8.79. The van der Waals surface area contributed by atoms with Crippen LogP contribution in [0.2, 0.25) is 0 Å². The SMILES string of the molecule is Cc1ccc(-n2c(C(C)(C)C)cc3nc4ccccc4nc32)cc1. The molecule has 0 fully saturated rings. The van der Waals surface area contributed by atoms with Gasteiger partial charge in [0.2, 0.25) is 0 Å². The van der Waals surface area contributed by atoms with Crippen LogP contribution in [0.15, 0.2) is 54.6 Å². The Bertz CT molecular complexity index is 1030. The first-order valence-electron chi connectivity index (χ1n) is 8.29. The maximum atomic E-state index is 4.91. The molecule has 0 amide bonds. The van der Waals surface area contributed by atoms with Crippen molar-refractivity contribution in [2.45, 2.75) is 33.1 Å². The molecule has 4 rings (SSSR count). The highest BCUT2D eigenvalue weighted by Crippen LogP contribution is 2.31. The topological polar surface area (TPSA) is 30.7 Å². The van der Waals surface area contributed by atoms with Crippen molar-refractivity contribution < 1.29 is 0 Å². The van der Waals surface area contributed by atoms with Gasteiger partial charge in [0.25, 0.3) is 0 Å². The molecule has 4 aromatic rings. The fraction of sp³-hybridized carbons (Fsp3) is 0.238. The lowest BCUT2D eigenvalue weighted by molar-refractivity contribution is 0.559. The molecule has 24 heavy (non-hydrogen) atoms. The summed E-state index contributed by atoms with van der Waals surface area (Å²) in [5.74, 6) is 0. The van der Waals surface area contributed by atoms with E-state index in [1.807, 2.05) is 24.3 Å². The standard InChI is InChI=1S/C21H21N3/c1-14-9-11-15(12-10-14)24-19(21(2,3)4)13-18-20(24)23-17-8-6-5-7-16(17)22-18/h5-13H,1-4H3. The molecule has 0 spiro atoms. The zero-order valence-electron chi connectivity index (χ0n) is 14.5. The molecule has 0 aliphatic rings. The first-order chi connectivity index (χ1) is 11.4. The van der Waals surface area contributed by atoms with Crippen molar-refractivity contribution in [1.29, 1.82) is 0 Å². The van der Waals surface area contributed by atoms with Crippen molar-refractivity contribution in [2.24, 2.45) is 0 Å². The van der Waals surface area contributed by atoms with Gasteiger partial charge in [-0.25, -0.2) is 9.97 Å². The molecule has 120 valence electrons. The van der Waals surface area contributed by atoms with Gasteiger partial charge in [-0.15, -0.1) is 0 Å². The van der Waals surface area contributed by atoms with E-state index in [-0.39, 0.29) is 5.41 Å². The quantitative estimate of drug-likeness (QED) is 0.484. The molecule has 0 bridgehead atoms. The van der Waals surface area contributed by atoms with Crippen LogP contribution in [0.25, 0.3) is 27.9 Å². The second-order valence-electron chi connectivity index (χ2n) is 7.37. The van der Waals surface area contributed by atoms with Crippen LogP contribution in [-0.4, -0.2) is 14.5 Å². The summed E-state index contributed by atoms with van der Waals surface area (Å²) in [5.41, 5.74) is 7.33. The van der Waals surface area contributed by atoms with Crippen molar-refractivity contribution in [3.05, 3.63) is 65.9 Å². The summed E-state index contributed by atoms with van der Waals surface area (Å²) in [5, 5.41) is 0. The first kappa shape index (κ1) is 14.9. The highest BCUT2D eigenvalue weighted by molar-refractivity contribution is 5.86. The Kier molecular flexibility index (Phi) is 3.20. The van der Waals surface area contributed by atoms with Gasteiger partial charge in [-0.3, -0.25) is 4.57 Å². The molecule has 3 heteroatoms. The monoisotopic (exact) mass is 315 g/mol. The summed E-state index contributed by atoms with van der Waals surface area (Å²) in [7, 11) is 0. The number of benzene rings is 2. The number of rotatable bonds is 1. The summed E-state index contributed by atoms with van der Waals surface area (Å²) in [4.78, 5) is 9.74. The minimum atomic E-state index is -0.000545. The Morgan fingerprint density at radius 3 is 2.04 bits per heavy atom. The summed E-state index contributed by atoms with van der Waals surface area (Å²) >= 11 is 0. The molecule has 2 aromatic carbocycles. The molecule has 0 unspecified atom stereocenters. The van der Waals surface area contributed by atoms with Gasteiger partial charge in [-0.05, 0) is 37.3 Å². The Morgan fingerprint density at radius 1 is 0.792 bits per heavy atom. The van der Waals surface area contributed by atoms with Crippen LogP contribution in [-0.2, 0) is 5.41 Å². The molecule has 0 atom stereocenters. The van der Waals surface area contributed by atoms with Gasteiger partial charge in [-0.2, -0.15) is 0 Å². The Morgan fingerprint density at radius 2 is 1.42 bits per heavy atom. The van der Waals surface area contributed by atoms with Crippen LogP contribution in [0, 0.1) is 6.92 Å². The Labute approximate surface area is 142 Å². The Balaban J connectivity index is 2.10. The number of hydrogen-bond donors (Lipinski definition) is 0. The Hall–Kier alpha value is -2.68. The minimum Gasteiger partial charge on any atom is -0.296 e. The molecular formula is C21H21N3. The average molecular weight is 315 g/mol. The van der Waals surface area contributed by atoms with Crippen molar-refractivity contribution >= 4 is 22.2 Å². The third-order valence-electron chi connectivity index (χ3n) is 4.36. The van der Waals surface area contributed by atoms with Crippen LogP contribution >= 0.6 is 0 Å². The molecule has 0 aliphatic carbocycles. The zero-order chi connectivity index (χ0) is 16.9. The molecule has 0 saturated carbocycles. The predicted molar refractivity (Wildman–Crippen MR) is 99.8 cm³/mol. The molecule has 0 saturated heterocycles. The van der Waals surface area contributed by atoms with Crippen molar-refractivity contribution in [2.75, 3.05) is 0 Å². The third-order valence-corrected chi connectivity index (χ3v) is 4.36. The maximum Gasteiger partial charge on any atom is 0.164 e. The summed E-state index contributed by atoms with van der Waals surface area (Å²) < 4.78 is 2.24. The highest BCUT2D eigenvalue weighted by Gasteiger charge is 2.23. The smallest absolute Gasteiger partial charge is 0.164 e. The van der Waals surface area contributed by atoms with Crippen LogP contribution in [0.5, 0.6) is 0 Å². The van der Waals surface area contributed by atoms with Crippen LogP contribution in [0.3, 0.4) is 0 Å². The molecule has 2 heterocycles. The fourth-order valence-corrected chi connectivity index (χ4v) is 3.08. The molecule has 0 radical (unpaired) electrons. The van der Waals surface area contributed by atoms with Gasteiger partial charge in [0.1, 0.15) is 5.52 Å². The summed E-state index contributed by atoms with van der Waals surface area (Å²) in [6, 6.07) is 18.8. The molecule has 3 nitrogen and oxygen atoms in total. The lowest BCUT2D eigenvalue weighted by atomic mass is 9.92. The number of aromatic nitrogens is 3. The lowest BCUT2D eigenvalue weighted by Gasteiger charge is -2.21. The fourth-order valence-electron chi connectivity index (χ4n) is 3.08. The van der Waals surface area contributed by atoms with Gasteiger partial charge < -0.3 is 0 Å².